The van der Waals surface area contributed by atoms with Crippen LogP contribution in [0.4, 0.5) is 4.39 Å². The average molecular weight is 305 g/mol. The molecule has 0 saturated carbocycles. The van der Waals surface area contributed by atoms with Crippen molar-refractivity contribution in [2.24, 2.45) is 5.92 Å². The van der Waals surface area contributed by atoms with Gasteiger partial charge in [0.25, 0.3) is 0 Å². The zero-order chi connectivity index (χ0) is 13.0. The molecule has 0 aliphatic heterocycles. The van der Waals surface area contributed by atoms with Gasteiger partial charge in [0.15, 0.2) is 0 Å². The lowest BCUT2D eigenvalue weighted by molar-refractivity contribution is -0.142. The van der Waals surface area contributed by atoms with Crippen molar-refractivity contribution in [2.75, 3.05) is 7.11 Å². The molecule has 0 amide bonds. The number of benzene rings is 1. The van der Waals surface area contributed by atoms with Gasteiger partial charge in [-0.05, 0) is 39.5 Å². The van der Waals surface area contributed by atoms with Crippen LogP contribution in [0.15, 0.2) is 22.7 Å². The summed E-state index contributed by atoms with van der Waals surface area (Å²) in [5, 5.41) is 10.00. The van der Waals surface area contributed by atoms with Crippen LogP contribution in [0.2, 0.25) is 0 Å². The lowest BCUT2D eigenvalue weighted by Gasteiger charge is -2.18. The molecule has 2 unspecified atom stereocenters. The number of carbonyl (C=O) groups is 1. The summed E-state index contributed by atoms with van der Waals surface area (Å²) in [6.45, 7) is 1.73. The average Bonchev–Trinajstić information content (AvgIpc) is 2.31. The van der Waals surface area contributed by atoms with Crippen LogP contribution < -0.4 is 0 Å². The van der Waals surface area contributed by atoms with E-state index < -0.39 is 6.10 Å². The number of hydrogen-bond donors (Lipinski definition) is 1. The largest absolute Gasteiger partial charge is 0.469 e. The summed E-state index contributed by atoms with van der Waals surface area (Å²) in [7, 11) is 1.30. The van der Waals surface area contributed by atoms with E-state index in [4.69, 9.17) is 0 Å². The number of methoxy groups -OCH3 is 1. The molecule has 2 atom stereocenters. The molecule has 1 rings (SSSR count). The van der Waals surface area contributed by atoms with E-state index in [0.29, 0.717) is 10.0 Å². The van der Waals surface area contributed by atoms with Gasteiger partial charge in [-0.1, -0.05) is 13.0 Å². The van der Waals surface area contributed by atoms with Crippen molar-refractivity contribution >= 4 is 21.9 Å². The highest BCUT2D eigenvalue weighted by molar-refractivity contribution is 9.10. The van der Waals surface area contributed by atoms with Gasteiger partial charge >= 0.3 is 5.97 Å². The molecular formula is C12H14BrFO3. The third-order valence-corrected chi connectivity index (χ3v) is 3.15. The van der Waals surface area contributed by atoms with Crippen LogP contribution in [0.5, 0.6) is 0 Å². The molecule has 1 aromatic carbocycles. The smallest absolute Gasteiger partial charge is 0.305 e. The Bertz CT molecular complexity index is 409. The fraction of sp³-hybridized carbons (Fsp3) is 0.417. The lowest BCUT2D eigenvalue weighted by atomic mass is 9.95. The summed E-state index contributed by atoms with van der Waals surface area (Å²) in [5.74, 6) is -1.06. The van der Waals surface area contributed by atoms with Crippen molar-refractivity contribution in [3.05, 3.63) is 34.1 Å². The second-order valence-corrected chi connectivity index (χ2v) is 4.73. The molecule has 0 heterocycles. The first kappa shape index (κ1) is 14.1. The van der Waals surface area contributed by atoms with Crippen molar-refractivity contribution in [3.63, 3.8) is 0 Å². The van der Waals surface area contributed by atoms with Gasteiger partial charge in [0.2, 0.25) is 0 Å². The molecule has 94 valence electrons. The summed E-state index contributed by atoms with van der Waals surface area (Å²) in [6, 6.07) is 4.28. The van der Waals surface area contributed by atoms with Gasteiger partial charge in [0, 0.05) is 0 Å². The molecule has 0 spiro atoms. The molecule has 1 N–H and O–H groups in total. The minimum Gasteiger partial charge on any atom is -0.469 e. The number of halogens is 2. The molecule has 0 aliphatic rings. The molecule has 0 saturated heterocycles. The normalized spacial score (nSPS) is 14.2. The first-order valence-corrected chi connectivity index (χ1v) is 5.94. The van der Waals surface area contributed by atoms with Crippen molar-refractivity contribution < 1.29 is 19.0 Å². The van der Waals surface area contributed by atoms with E-state index >= 15 is 0 Å². The fourth-order valence-electron chi connectivity index (χ4n) is 1.48. The van der Waals surface area contributed by atoms with Gasteiger partial charge in [-0.3, -0.25) is 4.79 Å². The molecule has 0 aliphatic carbocycles. The fourth-order valence-corrected chi connectivity index (χ4v) is 1.88. The third kappa shape index (κ3) is 3.78. The second kappa shape index (κ2) is 6.12. The Morgan fingerprint density at radius 1 is 1.59 bits per heavy atom. The summed E-state index contributed by atoms with van der Waals surface area (Å²) in [5.41, 5.74) is 0.565. The molecule has 1 aromatic rings. The predicted molar refractivity (Wildman–Crippen MR) is 64.9 cm³/mol. The Morgan fingerprint density at radius 3 is 2.76 bits per heavy atom. The number of aliphatic hydroxyl groups is 1. The van der Waals surface area contributed by atoms with Gasteiger partial charge in [-0.25, -0.2) is 4.39 Å². The molecular weight excluding hydrogens is 291 g/mol. The number of rotatable bonds is 4. The van der Waals surface area contributed by atoms with Crippen molar-refractivity contribution in [1.82, 2.24) is 0 Å². The number of esters is 1. The van der Waals surface area contributed by atoms with Crippen LogP contribution >= 0.6 is 15.9 Å². The molecule has 0 bridgehead atoms. The Kier molecular flexibility index (Phi) is 5.08. The minimum absolute atomic E-state index is 0.118. The number of hydrogen-bond acceptors (Lipinski definition) is 3. The Hall–Kier alpha value is -0.940. The standard InChI is InChI=1S/C12H14BrFO3/c1-7(5-11(15)17-2)12(16)8-3-4-10(14)9(13)6-8/h3-4,6-7,12,16H,5H2,1-2H3. The number of aliphatic hydroxyl groups excluding tert-OH is 1. The Morgan fingerprint density at radius 2 is 2.24 bits per heavy atom. The van der Waals surface area contributed by atoms with Gasteiger partial charge < -0.3 is 9.84 Å². The van der Waals surface area contributed by atoms with Crippen LogP contribution in [0.3, 0.4) is 0 Å². The highest BCUT2D eigenvalue weighted by Gasteiger charge is 2.20. The molecule has 17 heavy (non-hydrogen) atoms. The van der Waals surface area contributed by atoms with Gasteiger partial charge in [-0.2, -0.15) is 0 Å². The maximum atomic E-state index is 13.0. The summed E-state index contributed by atoms with van der Waals surface area (Å²) in [4.78, 5) is 11.1. The number of carbonyl (C=O) groups excluding carboxylic acids is 1. The van der Waals surface area contributed by atoms with Crippen LogP contribution in [-0.2, 0) is 9.53 Å². The van der Waals surface area contributed by atoms with Crippen molar-refractivity contribution in [1.29, 1.82) is 0 Å². The minimum atomic E-state index is -0.828. The monoisotopic (exact) mass is 304 g/mol. The summed E-state index contributed by atoms with van der Waals surface area (Å²) < 4.78 is 17.8. The number of ether oxygens (including phenoxy) is 1. The Balaban J connectivity index is 2.77. The van der Waals surface area contributed by atoms with Gasteiger partial charge in [-0.15, -0.1) is 0 Å². The maximum absolute atomic E-state index is 13.0. The summed E-state index contributed by atoms with van der Waals surface area (Å²) >= 11 is 3.05. The molecule has 0 fully saturated rings. The van der Waals surface area contributed by atoms with Gasteiger partial charge in [0.1, 0.15) is 5.82 Å². The first-order valence-electron chi connectivity index (χ1n) is 5.15. The topological polar surface area (TPSA) is 46.5 Å². The van der Waals surface area contributed by atoms with E-state index in [1.54, 1.807) is 6.92 Å². The molecule has 3 nitrogen and oxygen atoms in total. The highest BCUT2D eigenvalue weighted by Crippen LogP contribution is 2.27. The van der Waals surface area contributed by atoms with Crippen LogP contribution in [0.25, 0.3) is 0 Å². The van der Waals surface area contributed by atoms with Crippen LogP contribution in [0, 0.1) is 11.7 Å². The highest BCUT2D eigenvalue weighted by atomic mass is 79.9. The van der Waals surface area contributed by atoms with E-state index in [9.17, 15) is 14.3 Å². The molecule has 0 aromatic heterocycles. The quantitative estimate of drug-likeness (QED) is 0.870. The maximum Gasteiger partial charge on any atom is 0.305 e. The predicted octanol–water partition coefficient (Wildman–Crippen LogP) is 2.82. The zero-order valence-electron chi connectivity index (χ0n) is 9.61. The summed E-state index contributed by atoms with van der Waals surface area (Å²) in [6.07, 6.45) is -0.710. The first-order chi connectivity index (χ1) is 7.95. The molecule has 5 heteroatoms. The molecule has 0 radical (unpaired) electrons. The van der Waals surface area contributed by atoms with Crippen LogP contribution in [-0.4, -0.2) is 18.2 Å². The second-order valence-electron chi connectivity index (χ2n) is 3.88. The van der Waals surface area contributed by atoms with E-state index in [1.165, 1.54) is 25.3 Å². The SMILES string of the molecule is COC(=O)CC(C)C(O)c1ccc(F)c(Br)c1. The van der Waals surface area contributed by atoms with Crippen molar-refractivity contribution in [2.45, 2.75) is 19.4 Å². The lowest BCUT2D eigenvalue weighted by Crippen LogP contribution is -2.15. The Labute approximate surface area is 108 Å². The van der Waals surface area contributed by atoms with E-state index in [2.05, 4.69) is 20.7 Å². The third-order valence-electron chi connectivity index (χ3n) is 2.54. The van der Waals surface area contributed by atoms with Crippen molar-refractivity contribution in [3.8, 4) is 0 Å². The van der Waals surface area contributed by atoms with E-state index in [1.807, 2.05) is 0 Å². The van der Waals surface area contributed by atoms with Gasteiger partial charge in [0.05, 0.1) is 24.1 Å². The van der Waals surface area contributed by atoms with E-state index in [-0.39, 0.29) is 24.1 Å². The zero-order valence-corrected chi connectivity index (χ0v) is 11.2. The van der Waals surface area contributed by atoms with E-state index in [0.717, 1.165) is 0 Å². The van der Waals surface area contributed by atoms with Crippen LogP contribution in [0.1, 0.15) is 25.0 Å².